The van der Waals surface area contributed by atoms with Gasteiger partial charge in [0, 0.05) is 25.6 Å². The number of hydrogen-bond acceptors (Lipinski definition) is 2. The van der Waals surface area contributed by atoms with E-state index in [9.17, 15) is 4.39 Å². The molecule has 0 unspecified atom stereocenters. The van der Waals surface area contributed by atoms with E-state index in [-0.39, 0.29) is 35.2 Å². The third-order valence-corrected chi connectivity index (χ3v) is 5.18. The van der Waals surface area contributed by atoms with E-state index in [1.807, 2.05) is 6.07 Å². The van der Waals surface area contributed by atoms with E-state index in [4.69, 9.17) is 0 Å². The predicted octanol–water partition coefficient (Wildman–Crippen LogP) is 4.15. The first-order valence-corrected chi connectivity index (χ1v) is 9.91. The Morgan fingerprint density at radius 1 is 1.11 bits per heavy atom. The fraction of sp³-hybridized carbons (Fsp3) is 0.667. The van der Waals surface area contributed by atoms with Crippen molar-refractivity contribution < 1.29 is 4.39 Å². The summed E-state index contributed by atoms with van der Waals surface area (Å²) in [5.74, 6) is 0.696. The molecule has 27 heavy (non-hydrogen) atoms. The summed E-state index contributed by atoms with van der Waals surface area (Å²) in [5, 5.41) is 6.82. The van der Waals surface area contributed by atoms with E-state index in [0.29, 0.717) is 0 Å². The molecule has 1 fully saturated rings. The molecular weight excluding hydrogens is 454 g/mol. The van der Waals surface area contributed by atoms with Gasteiger partial charge in [-0.1, -0.05) is 31.4 Å². The van der Waals surface area contributed by atoms with Crippen molar-refractivity contribution in [3.05, 3.63) is 35.6 Å². The van der Waals surface area contributed by atoms with Crippen LogP contribution in [-0.4, -0.2) is 51.6 Å². The van der Waals surface area contributed by atoms with Gasteiger partial charge in [0.05, 0.1) is 0 Å². The molecule has 0 aromatic heterocycles. The minimum atomic E-state index is -0.151. The molecule has 0 amide bonds. The highest BCUT2D eigenvalue weighted by Gasteiger charge is 2.44. The third-order valence-electron chi connectivity index (χ3n) is 5.18. The van der Waals surface area contributed by atoms with E-state index in [1.54, 1.807) is 19.2 Å². The smallest absolute Gasteiger partial charge is 0.191 e. The molecule has 1 saturated carbocycles. The van der Waals surface area contributed by atoms with Crippen LogP contribution in [0.2, 0.25) is 0 Å². The van der Waals surface area contributed by atoms with Crippen LogP contribution in [0.25, 0.3) is 0 Å². The maximum Gasteiger partial charge on any atom is 0.191 e. The van der Waals surface area contributed by atoms with Crippen molar-refractivity contribution in [3.63, 3.8) is 0 Å². The Morgan fingerprint density at radius 2 is 1.81 bits per heavy atom. The standard InChI is InChI=1S/C21H35FN4.HI/c1-23-20(24-14-7-5-4-6-8-15-26(2)3)25-17-21(12-13-21)18-10-9-11-19(22)16-18;/h9-11,16H,4-8,12-15,17H2,1-3H3,(H2,23,24,25);1H. The number of halogens is 2. The molecular formula is C21H36FIN4. The highest BCUT2D eigenvalue weighted by molar-refractivity contribution is 14.0. The van der Waals surface area contributed by atoms with Gasteiger partial charge in [0.1, 0.15) is 5.82 Å². The maximum atomic E-state index is 13.5. The van der Waals surface area contributed by atoms with Crippen molar-refractivity contribution in [3.8, 4) is 0 Å². The van der Waals surface area contributed by atoms with E-state index in [2.05, 4.69) is 34.6 Å². The SMILES string of the molecule is CN=C(NCCCCCCCN(C)C)NCC1(c2cccc(F)c2)CC1.I. The minimum Gasteiger partial charge on any atom is -0.356 e. The number of benzene rings is 1. The summed E-state index contributed by atoms with van der Waals surface area (Å²) in [5.41, 5.74) is 1.17. The lowest BCUT2D eigenvalue weighted by atomic mass is 9.96. The summed E-state index contributed by atoms with van der Waals surface area (Å²) in [6.07, 6.45) is 8.51. The quantitative estimate of drug-likeness (QED) is 0.212. The van der Waals surface area contributed by atoms with Gasteiger partial charge in [-0.15, -0.1) is 24.0 Å². The molecule has 4 nitrogen and oxygen atoms in total. The summed E-state index contributed by atoms with van der Waals surface area (Å²) >= 11 is 0. The molecule has 154 valence electrons. The fourth-order valence-electron chi connectivity index (χ4n) is 3.30. The molecule has 1 aromatic rings. The van der Waals surface area contributed by atoms with Crippen molar-refractivity contribution in [1.82, 2.24) is 15.5 Å². The van der Waals surface area contributed by atoms with Gasteiger partial charge < -0.3 is 15.5 Å². The zero-order valence-electron chi connectivity index (χ0n) is 17.1. The van der Waals surface area contributed by atoms with Crippen molar-refractivity contribution >= 4 is 29.9 Å². The number of unbranched alkanes of at least 4 members (excludes halogenated alkanes) is 4. The normalized spacial score (nSPS) is 15.4. The second kappa shape index (κ2) is 12.5. The second-order valence-electron chi connectivity index (χ2n) is 7.71. The van der Waals surface area contributed by atoms with Crippen LogP contribution >= 0.6 is 24.0 Å². The van der Waals surface area contributed by atoms with Crippen LogP contribution in [-0.2, 0) is 5.41 Å². The molecule has 1 aliphatic rings. The Hall–Kier alpha value is -0.890. The number of nitrogens with one attached hydrogen (secondary N) is 2. The lowest BCUT2D eigenvalue weighted by molar-refractivity contribution is 0.389. The Bertz CT molecular complexity index is 573. The topological polar surface area (TPSA) is 39.7 Å². The third kappa shape index (κ3) is 8.77. The average Bonchev–Trinajstić information content (AvgIpc) is 3.41. The van der Waals surface area contributed by atoms with Crippen molar-refractivity contribution in [2.24, 2.45) is 4.99 Å². The summed E-state index contributed by atoms with van der Waals surface area (Å²) < 4.78 is 13.5. The Kier molecular flexibility index (Phi) is 11.2. The van der Waals surface area contributed by atoms with Crippen molar-refractivity contribution in [2.45, 2.75) is 50.4 Å². The van der Waals surface area contributed by atoms with Gasteiger partial charge in [-0.3, -0.25) is 4.99 Å². The minimum absolute atomic E-state index is 0. The van der Waals surface area contributed by atoms with Crippen LogP contribution in [0.5, 0.6) is 0 Å². The predicted molar refractivity (Wildman–Crippen MR) is 124 cm³/mol. The first kappa shape index (κ1) is 24.1. The van der Waals surface area contributed by atoms with E-state index in [0.717, 1.165) is 43.9 Å². The molecule has 0 bridgehead atoms. The molecule has 6 heteroatoms. The van der Waals surface area contributed by atoms with E-state index < -0.39 is 0 Å². The summed E-state index contributed by atoms with van der Waals surface area (Å²) in [6.45, 7) is 2.93. The summed E-state index contributed by atoms with van der Waals surface area (Å²) in [6, 6.07) is 7.01. The average molecular weight is 490 g/mol. The number of guanidine groups is 1. The molecule has 1 aromatic carbocycles. The van der Waals surface area contributed by atoms with Gasteiger partial charge in [-0.05, 0) is 64.0 Å². The van der Waals surface area contributed by atoms with Gasteiger partial charge in [-0.2, -0.15) is 0 Å². The van der Waals surface area contributed by atoms with Crippen LogP contribution in [0.3, 0.4) is 0 Å². The number of nitrogens with zero attached hydrogens (tertiary/aromatic N) is 2. The first-order valence-electron chi connectivity index (χ1n) is 9.91. The van der Waals surface area contributed by atoms with Crippen LogP contribution in [0.15, 0.2) is 29.3 Å². The van der Waals surface area contributed by atoms with Crippen LogP contribution in [0.4, 0.5) is 4.39 Å². The van der Waals surface area contributed by atoms with E-state index in [1.165, 1.54) is 38.3 Å². The Labute approximate surface area is 181 Å². The summed E-state index contributed by atoms with van der Waals surface area (Å²) in [7, 11) is 6.06. The zero-order valence-corrected chi connectivity index (χ0v) is 19.4. The Balaban J connectivity index is 0.00000364. The molecule has 2 N–H and O–H groups in total. The largest absolute Gasteiger partial charge is 0.356 e. The van der Waals surface area contributed by atoms with Crippen LogP contribution in [0.1, 0.15) is 50.5 Å². The van der Waals surface area contributed by atoms with Crippen LogP contribution < -0.4 is 10.6 Å². The first-order chi connectivity index (χ1) is 12.6. The zero-order chi connectivity index (χ0) is 18.8. The molecule has 0 heterocycles. The number of rotatable bonds is 11. The Morgan fingerprint density at radius 3 is 2.44 bits per heavy atom. The number of hydrogen-bond donors (Lipinski definition) is 2. The second-order valence-corrected chi connectivity index (χ2v) is 7.71. The molecule has 0 spiro atoms. The van der Waals surface area contributed by atoms with Gasteiger partial charge in [-0.25, -0.2) is 4.39 Å². The molecule has 0 radical (unpaired) electrons. The lowest BCUT2D eigenvalue weighted by Gasteiger charge is -2.19. The molecule has 0 aliphatic heterocycles. The lowest BCUT2D eigenvalue weighted by Crippen LogP contribution is -2.41. The van der Waals surface area contributed by atoms with Crippen molar-refractivity contribution in [2.75, 3.05) is 40.8 Å². The molecule has 0 atom stereocenters. The van der Waals surface area contributed by atoms with E-state index >= 15 is 0 Å². The monoisotopic (exact) mass is 490 g/mol. The highest BCUT2D eigenvalue weighted by atomic mass is 127. The maximum absolute atomic E-state index is 13.5. The van der Waals surface area contributed by atoms with Gasteiger partial charge >= 0.3 is 0 Å². The van der Waals surface area contributed by atoms with Gasteiger partial charge in [0.15, 0.2) is 5.96 Å². The molecule has 1 aliphatic carbocycles. The molecule has 0 saturated heterocycles. The molecule has 2 rings (SSSR count). The fourth-order valence-corrected chi connectivity index (χ4v) is 3.30. The summed E-state index contributed by atoms with van der Waals surface area (Å²) in [4.78, 5) is 6.56. The van der Waals surface area contributed by atoms with Gasteiger partial charge in [0.2, 0.25) is 0 Å². The van der Waals surface area contributed by atoms with Crippen molar-refractivity contribution in [1.29, 1.82) is 0 Å². The van der Waals surface area contributed by atoms with Gasteiger partial charge in [0.25, 0.3) is 0 Å². The van der Waals surface area contributed by atoms with Crippen LogP contribution in [0, 0.1) is 5.82 Å². The highest BCUT2D eigenvalue weighted by Crippen LogP contribution is 2.47. The number of aliphatic imine (C=N–C) groups is 1.